The van der Waals surface area contributed by atoms with Crippen LogP contribution in [0.5, 0.6) is 0 Å². The number of nitro benzene ring substituents is 1. The average molecular weight is 329 g/mol. The van der Waals surface area contributed by atoms with Gasteiger partial charge in [-0.25, -0.2) is 4.79 Å². The lowest BCUT2D eigenvalue weighted by Crippen LogP contribution is -2.32. The van der Waals surface area contributed by atoms with Gasteiger partial charge in [0.1, 0.15) is 0 Å². The summed E-state index contributed by atoms with van der Waals surface area (Å²) < 4.78 is 1.76. The van der Waals surface area contributed by atoms with Crippen LogP contribution in [-0.2, 0) is 7.05 Å². The van der Waals surface area contributed by atoms with Crippen molar-refractivity contribution in [2.45, 2.75) is 19.3 Å². The van der Waals surface area contributed by atoms with Crippen molar-refractivity contribution < 1.29 is 9.72 Å². The Hall–Kier alpha value is -2.90. The zero-order valence-electron chi connectivity index (χ0n) is 13.6. The van der Waals surface area contributed by atoms with Crippen LogP contribution >= 0.6 is 0 Å². The second-order valence-electron chi connectivity index (χ2n) is 6.07. The fourth-order valence-corrected chi connectivity index (χ4v) is 3.01. The number of carbonyl (C=O) groups excluding carboxylic acids is 1. The highest BCUT2D eigenvalue weighted by Gasteiger charge is 2.28. The molecule has 1 fully saturated rings. The van der Waals surface area contributed by atoms with Crippen molar-refractivity contribution in [1.29, 1.82) is 0 Å². The second kappa shape index (κ2) is 6.31. The second-order valence-corrected chi connectivity index (χ2v) is 6.07. The number of hydrogen-bond acceptors (Lipinski definition) is 4. The van der Waals surface area contributed by atoms with Crippen molar-refractivity contribution in [3.63, 3.8) is 0 Å². The van der Waals surface area contributed by atoms with E-state index in [2.05, 4.69) is 10.4 Å². The van der Waals surface area contributed by atoms with Crippen molar-refractivity contribution in [2.24, 2.45) is 7.05 Å². The molecule has 0 spiro atoms. The van der Waals surface area contributed by atoms with E-state index in [1.807, 2.05) is 19.4 Å². The summed E-state index contributed by atoms with van der Waals surface area (Å²) in [6, 6.07) is 4.39. The third kappa shape index (κ3) is 3.22. The molecule has 2 amide bonds. The highest BCUT2D eigenvalue weighted by molar-refractivity contribution is 5.89. The van der Waals surface area contributed by atoms with Crippen LogP contribution in [0.2, 0.25) is 0 Å². The molecule has 1 aromatic heterocycles. The van der Waals surface area contributed by atoms with Gasteiger partial charge in [-0.1, -0.05) is 0 Å². The van der Waals surface area contributed by atoms with Crippen LogP contribution in [0, 0.1) is 17.0 Å². The molecule has 0 aliphatic carbocycles. The molecule has 0 bridgehead atoms. The number of anilines is 1. The maximum atomic E-state index is 12.4. The number of nitrogens with zero attached hydrogens (tertiary/aromatic N) is 4. The summed E-state index contributed by atoms with van der Waals surface area (Å²) in [6.07, 6.45) is 4.72. The Morgan fingerprint density at radius 1 is 1.46 bits per heavy atom. The number of aryl methyl sites for hydroxylation is 2. The summed E-state index contributed by atoms with van der Waals surface area (Å²) in [5.41, 5.74) is 2.27. The minimum absolute atomic E-state index is 0.0470. The quantitative estimate of drug-likeness (QED) is 0.692. The third-order valence-electron chi connectivity index (χ3n) is 4.32. The van der Waals surface area contributed by atoms with Crippen molar-refractivity contribution in [1.82, 2.24) is 14.7 Å². The largest absolute Gasteiger partial charge is 0.324 e. The van der Waals surface area contributed by atoms with Gasteiger partial charge in [0.05, 0.1) is 11.1 Å². The van der Waals surface area contributed by atoms with E-state index in [1.165, 1.54) is 6.07 Å². The fourth-order valence-electron chi connectivity index (χ4n) is 3.01. The van der Waals surface area contributed by atoms with Crippen LogP contribution in [-0.4, -0.2) is 38.7 Å². The van der Waals surface area contributed by atoms with Gasteiger partial charge in [0.15, 0.2) is 0 Å². The van der Waals surface area contributed by atoms with Gasteiger partial charge in [-0.3, -0.25) is 14.8 Å². The van der Waals surface area contributed by atoms with Crippen molar-refractivity contribution >= 4 is 17.4 Å². The Morgan fingerprint density at radius 3 is 2.88 bits per heavy atom. The van der Waals surface area contributed by atoms with E-state index in [-0.39, 0.29) is 11.7 Å². The molecule has 3 rings (SSSR count). The van der Waals surface area contributed by atoms with Gasteiger partial charge in [0.25, 0.3) is 5.69 Å². The monoisotopic (exact) mass is 329 g/mol. The fraction of sp³-hybridized carbons (Fsp3) is 0.375. The Kier molecular flexibility index (Phi) is 4.20. The maximum absolute atomic E-state index is 12.4. The predicted octanol–water partition coefficient (Wildman–Crippen LogP) is 2.66. The number of aromatic nitrogens is 2. The van der Waals surface area contributed by atoms with E-state index < -0.39 is 4.92 Å². The summed E-state index contributed by atoms with van der Waals surface area (Å²) in [5, 5.41) is 17.8. The van der Waals surface area contributed by atoms with Crippen molar-refractivity contribution in [3.8, 4) is 0 Å². The summed E-state index contributed by atoms with van der Waals surface area (Å²) in [4.78, 5) is 24.6. The van der Waals surface area contributed by atoms with Crippen LogP contribution in [0.25, 0.3) is 0 Å². The zero-order chi connectivity index (χ0) is 17.3. The number of likely N-dealkylation sites (tertiary alicyclic amines) is 1. The van der Waals surface area contributed by atoms with E-state index in [1.54, 1.807) is 28.6 Å². The van der Waals surface area contributed by atoms with E-state index >= 15 is 0 Å². The lowest BCUT2D eigenvalue weighted by atomic mass is 10.0. The number of carbonyl (C=O) groups is 1. The standard InChI is InChI=1S/C16H19N5O3/c1-11-7-14(3-4-15(11)21(23)24)18-16(22)20-6-5-12(10-20)13-8-17-19(2)9-13/h3-4,7-9,12H,5-6,10H2,1-2H3,(H,18,22)/t12-/m0/s1. The highest BCUT2D eigenvalue weighted by Crippen LogP contribution is 2.27. The first-order valence-electron chi connectivity index (χ1n) is 7.73. The summed E-state index contributed by atoms with van der Waals surface area (Å²) in [6.45, 7) is 2.98. The number of rotatable bonds is 3. The van der Waals surface area contributed by atoms with Crippen LogP contribution < -0.4 is 5.32 Å². The van der Waals surface area contributed by atoms with E-state index in [9.17, 15) is 14.9 Å². The molecule has 1 aliphatic heterocycles. The molecule has 1 atom stereocenters. The van der Waals surface area contributed by atoms with Gasteiger partial charge in [-0.15, -0.1) is 0 Å². The van der Waals surface area contributed by atoms with Crippen molar-refractivity contribution in [3.05, 3.63) is 51.8 Å². The Bertz CT molecular complexity index is 786. The molecule has 1 aromatic carbocycles. The smallest absolute Gasteiger partial charge is 0.321 e. The summed E-state index contributed by atoms with van der Waals surface area (Å²) >= 11 is 0. The Labute approximate surface area is 139 Å². The molecule has 1 N–H and O–H groups in total. The molecule has 126 valence electrons. The number of amides is 2. The minimum atomic E-state index is -0.431. The van der Waals surface area contributed by atoms with Crippen LogP contribution in [0.4, 0.5) is 16.2 Å². The van der Waals surface area contributed by atoms with Gasteiger partial charge >= 0.3 is 6.03 Å². The van der Waals surface area contributed by atoms with Gasteiger partial charge in [-0.2, -0.15) is 5.10 Å². The SMILES string of the molecule is Cc1cc(NC(=O)N2CC[C@H](c3cnn(C)c3)C2)ccc1[N+](=O)[O-]. The minimum Gasteiger partial charge on any atom is -0.324 e. The number of nitrogens with one attached hydrogen (secondary N) is 1. The predicted molar refractivity (Wildman–Crippen MR) is 89.0 cm³/mol. The summed E-state index contributed by atoms with van der Waals surface area (Å²) in [7, 11) is 1.87. The number of urea groups is 1. The lowest BCUT2D eigenvalue weighted by molar-refractivity contribution is -0.385. The first-order valence-corrected chi connectivity index (χ1v) is 7.73. The molecule has 2 aromatic rings. The molecule has 8 nitrogen and oxygen atoms in total. The average Bonchev–Trinajstić information content (AvgIpc) is 3.15. The molecular formula is C16H19N5O3. The third-order valence-corrected chi connectivity index (χ3v) is 4.32. The highest BCUT2D eigenvalue weighted by atomic mass is 16.6. The van der Waals surface area contributed by atoms with Gasteiger partial charge in [-0.05, 0) is 31.0 Å². The molecule has 0 radical (unpaired) electrons. The molecule has 8 heteroatoms. The molecule has 2 heterocycles. The lowest BCUT2D eigenvalue weighted by Gasteiger charge is -2.17. The van der Waals surface area contributed by atoms with Gasteiger partial charge in [0.2, 0.25) is 0 Å². The van der Waals surface area contributed by atoms with Crippen LogP contribution in [0.15, 0.2) is 30.6 Å². The Morgan fingerprint density at radius 2 is 2.25 bits per heavy atom. The zero-order valence-corrected chi connectivity index (χ0v) is 13.6. The number of benzene rings is 1. The molecule has 1 saturated heterocycles. The Balaban J connectivity index is 1.63. The molecule has 0 saturated carbocycles. The molecule has 24 heavy (non-hydrogen) atoms. The normalized spacial score (nSPS) is 17.1. The molecular weight excluding hydrogens is 310 g/mol. The molecule has 1 aliphatic rings. The van der Waals surface area contributed by atoms with Crippen molar-refractivity contribution in [2.75, 3.05) is 18.4 Å². The van der Waals surface area contributed by atoms with Crippen LogP contribution in [0.3, 0.4) is 0 Å². The van der Waals surface area contributed by atoms with Gasteiger partial charge < -0.3 is 10.2 Å². The van der Waals surface area contributed by atoms with E-state index in [0.717, 1.165) is 12.0 Å². The number of hydrogen-bond donors (Lipinski definition) is 1. The maximum Gasteiger partial charge on any atom is 0.321 e. The van der Waals surface area contributed by atoms with Gasteiger partial charge in [0, 0.05) is 49.6 Å². The first-order chi connectivity index (χ1) is 11.4. The topological polar surface area (TPSA) is 93.3 Å². The first kappa shape index (κ1) is 16.0. The van der Waals surface area contributed by atoms with Crippen LogP contribution in [0.1, 0.15) is 23.5 Å². The summed E-state index contributed by atoms with van der Waals surface area (Å²) in [5.74, 6) is 0.294. The van der Waals surface area contributed by atoms with E-state index in [4.69, 9.17) is 0 Å². The number of nitro groups is 1. The molecule has 0 unspecified atom stereocenters. The van der Waals surface area contributed by atoms with E-state index in [0.29, 0.717) is 30.3 Å².